The Balaban J connectivity index is 1.78. The normalized spacial score (nSPS) is 15.6. The Bertz CT molecular complexity index is 736. The zero-order valence-electron chi connectivity index (χ0n) is 13.2. The van der Waals surface area contributed by atoms with Gasteiger partial charge in [-0.15, -0.1) is 11.6 Å². The van der Waals surface area contributed by atoms with Gasteiger partial charge in [0.25, 0.3) is 0 Å². The van der Waals surface area contributed by atoms with E-state index in [0.717, 1.165) is 37.4 Å². The minimum Gasteiger partial charge on any atom is -0.367 e. The second-order valence-electron chi connectivity index (χ2n) is 5.67. The van der Waals surface area contributed by atoms with Gasteiger partial charge in [-0.25, -0.2) is 0 Å². The molecular weight excluding hydrogens is 310 g/mol. The summed E-state index contributed by atoms with van der Waals surface area (Å²) in [7, 11) is 0. The summed E-state index contributed by atoms with van der Waals surface area (Å²) in [5.41, 5.74) is 3.24. The Morgan fingerprint density at radius 3 is 2.74 bits per heavy atom. The number of aryl methyl sites for hydroxylation is 1. The van der Waals surface area contributed by atoms with Crippen LogP contribution in [0.4, 0.5) is 5.69 Å². The SMILES string of the molecule is Cc1cc(N2CCN(C(=O)/C=C/CCl)CC2)c2ccccc2n1. The number of carbonyl (C=O) groups is 1. The molecule has 0 spiro atoms. The lowest BCUT2D eigenvalue weighted by molar-refractivity contribution is -0.126. The van der Waals surface area contributed by atoms with Crippen LogP contribution in [0.15, 0.2) is 42.5 Å². The Hall–Kier alpha value is -2.07. The number of pyridine rings is 1. The summed E-state index contributed by atoms with van der Waals surface area (Å²) in [5, 5.41) is 1.17. The molecule has 1 aliphatic rings. The average molecular weight is 330 g/mol. The number of benzene rings is 1. The van der Waals surface area contributed by atoms with Crippen molar-refractivity contribution < 1.29 is 4.79 Å². The van der Waals surface area contributed by atoms with Crippen molar-refractivity contribution in [3.05, 3.63) is 48.2 Å². The molecule has 0 saturated carbocycles. The molecule has 2 heterocycles. The summed E-state index contributed by atoms with van der Waals surface area (Å²) in [6.07, 6.45) is 3.25. The van der Waals surface area contributed by atoms with Crippen molar-refractivity contribution in [3.63, 3.8) is 0 Å². The van der Waals surface area contributed by atoms with E-state index in [4.69, 9.17) is 11.6 Å². The molecule has 0 bridgehead atoms. The zero-order valence-corrected chi connectivity index (χ0v) is 14.0. The maximum absolute atomic E-state index is 12.0. The summed E-state index contributed by atoms with van der Waals surface area (Å²) in [6.45, 7) is 5.12. The average Bonchev–Trinajstić information content (AvgIpc) is 2.59. The third kappa shape index (κ3) is 3.48. The summed E-state index contributed by atoms with van der Waals surface area (Å²) < 4.78 is 0. The van der Waals surface area contributed by atoms with Crippen LogP contribution in [0.3, 0.4) is 0 Å². The van der Waals surface area contributed by atoms with Gasteiger partial charge >= 0.3 is 0 Å². The number of rotatable bonds is 3. The zero-order chi connectivity index (χ0) is 16.2. The standard InChI is InChI=1S/C18H20ClN3O/c1-14-13-17(15-5-2-3-6-16(15)20-14)21-9-11-22(12-10-21)18(23)7-4-8-19/h2-7,13H,8-12H2,1H3/b7-4+. The van der Waals surface area contributed by atoms with Crippen LogP contribution in [0.1, 0.15) is 5.69 Å². The molecule has 23 heavy (non-hydrogen) atoms. The van der Waals surface area contributed by atoms with Crippen molar-refractivity contribution in [1.29, 1.82) is 0 Å². The van der Waals surface area contributed by atoms with E-state index in [1.807, 2.05) is 30.0 Å². The number of hydrogen-bond donors (Lipinski definition) is 0. The number of fused-ring (bicyclic) bond motifs is 1. The molecule has 2 aromatic rings. The number of amides is 1. The molecule has 1 saturated heterocycles. The number of nitrogens with zero attached hydrogens (tertiary/aromatic N) is 3. The van der Waals surface area contributed by atoms with E-state index in [9.17, 15) is 4.79 Å². The van der Waals surface area contributed by atoms with Crippen LogP contribution in [0, 0.1) is 6.92 Å². The van der Waals surface area contributed by atoms with Crippen LogP contribution >= 0.6 is 11.6 Å². The first-order chi connectivity index (χ1) is 11.2. The molecule has 1 aromatic heterocycles. The number of anilines is 1. The minimum absolute atomic E-state index is 0.0427. The lowest BCUT2D eigenvalue weighted by Crippen LogP contribution is -2.48. The number of alkyl halides is 1. The molecular formula is C18H20ClN3O. The predicted molar refractivity (Wildman–Crippen MR) is 95.1 cm³/mol. The number of para-hydroxylation sites is 1. The molecule has 4 nitrogen and oxygen atoms in total. The molecule has 0 radical (unpaired) electrons. The van der Waals surface area contributed by atoms with E-state index in [1.54, 1.807) is 12.2 Å². The third-order valence-electron chi connectivity index (χ3n) is 4.10. The highest BCUT2D eigenvalue weighted by molar-refractivity contribution is 6.19. The van der Waals surface area contributed by atoms with E-state index in [-0.39, 0.29) is 5.91 Å². The van der Waals surface area contributed by atoms with E-state index < -0.39 is 0 Å². The fraction of sp³-hybridized carbons (Fsp3) is 0.333. The largest absolute Gasteiger partial charge is 0.367 e. The van der Waals surface area contributed by atoms with E-state index in [0.29, 0.717) is 5.88 Å². The summed E-state index contributed by atoms with van der Waals surface area (Å²) in [6, 6.07) is 10.3. The Labute approximate surface area is 141 Å². The molecule has 3 rings (SSSR count). The molecule has 1 amide bonds. The van der Waals surface area contributed by atoms with Gasteiger partial charge in [0.15, 0.2) is 0 Å². The van der Waals surface area contributed by atoms with Gasteiger partial charge in [0.05, 0.1) is 5.52 Å². The number of aromatic nitrogens is 1. The first kappa shape index (κ1) is 15.8. The number of allylic oxidation sites excluding steroid dienone is 1. The molecule has 1 fully saturated rings. The van der Waals surface area contributed by atoms with Crippen molar-refractivity contribution in [1.82, 2.24) is 9.88 Å². The first-order valence-electron chi connectivity index (χ1n) is 7.82. The smallest absolute Gasteiger partial charge is 0.246 e. The Morgan fingerprint density at radius 1 is 1.26 bits per heavy atom. The van der Waals surface area contributed by atoms with Crippen LogP contribution in [0.5, 0.6) is 0 Å². The maximum Gasteiger partial charge on any atom is 0.246 e. The van der Waals surface area contributed by atoms with Gasteiger partial charge in [0.2, 0.25) is 5.91 Å². The van der Waals surface area contributed by atoms with Crippen LogP contribution in [-0.4, -0.2) is 47.9 Å². The van der Waals surface area contributed by atoms with Crippen molar-refractivity contribution >= 4 is 34.1 Å². The van der Waals surface area contributed by atoms with Gasteiger partial charge in [-0.05, 0) is 19.1 Å². The molecule has 0 N–H and O–H groups in total. The van der Waals surface area contributed by atoms with Crippen molar-refractivity contribution in [2.24, 2.45) is 0 Å². The minimum atomic E-state index is 0.0427. The lowest BCUT2D eigenvalue weighted by Gasteiger charge is -2.36. The molecule has 5 heteroatoms. The molecule has 1 aromatic carbocycles. The molecule has 0 aliphatic carbocycles. The van der Waals surface area contributed by atoms with Gasteiger partial charge in [-0.3, -0.25) is 9.78 Å². The third-order valence-corrected chi connectivity index (χ3v) is 4.28. The summed E-state index contributed by atoms with van der Waals surface area (Å²) in [5.74, 6) is 0.412. The van der Waals surface area contributed by atoms with Crippen LogP contribution in [-0.2, 0) is 4.79 Å². The molecule has 0 unspecified atom stereocenters. The van der Waals surface area contributed by atoms with Gasteiger partial charge in [-0.2, -0.15) is 0 Å². The quantitative estimate of drug-likeness (QED) is 0.641. The van der Waals surface area contributed by atoms with Crippen LogP contribution < -0.4 is 4.90 Å². The fourth-order valence-electron chi connectivity index (χ4n) is 2.97. The number of carbonyl (C=O) groups excluding carboxylic acids is 1. The Kier molecular flexibility index (Phi) is 4.82. The van der Waals surface area contributed by atoms with Crippen molar-refractivity contribution in [2.45, 2.75) is 6.92 Å². The predicted octanol–water partition coefficient (Wildman–Crippen LogP) is 2.99. The summed E-state index contributed by atoms with van der Waals surface area (Å²) >= 11 is 5.59. The van der Waals surface area contributed by atoms with Gasteiger partial charge in [0.1, 0.15) is 0 Å². The van der Waals surface area contributed by atoms with Crippen molar-refractivity contribution in [3.8, 4) is 0 Å². The Morgan fingerprint density at radius 2 is 2.00 bits per heavy atom. The summed E-state index contributed by atoms with van der Waals surface area (Å²) in [4.78, 5) is 20.8. The number of hydrogen-bond acceptors (Lipinski definition) is 3. The van der Waals surface area contributed by atoms with Gasteiger partial charge in [-0.1, -0.05) is 24.3 Å². The monoisotopic (exact) mass is 329 g/mol. The topological polar surface area (TPSA) is 36.4 Å². The van der Waals surface area contributed by atoms with E-state index in [1.165, 1.54) is 11.1 Å². The second-order valence-corrected chi connectivity index (χ2v) is 5.98. The van der Waals surface area contributed by atoms with E-state index >= 15 is 0 Å². The van der Waals surface area contributed by atoms with Gasteiger partial charge in [0, 0.05) is 54.9 Å². The molecule has 1 aliphatic heterocycles. The fourth-order valence-corrected chi connectivity index (χ4v) is 3.05. The highest BCUT2D eigenvalue weighted by Crippen LogP contribution is 2.27. The number of halogens is 1. The maximum atomic E-state index is 12.0. The molecule has 120 valence electrons. The van der Waals surface area contributed by atoms with Gasteiger partial charge < -0.3 is 9.80 Å². The van der Waals surface area contributed by atoms with E-state index in [2.05, 4.69) is 22.0 Å². The highest BCUT2D eigenvalue weighted by Gasteiger charge is 2.21. The highest BCUT2D eigenvalue weighted by atomic mass is 35.5. The molecule has 0 atom stereocenters. The van der Waals surface area contributed by atoms with Crippen molar-refractivity contribution in [2.75, 3.05) is 37.0 Å². The second kappa shape index (κ2) is 7.01. The van der Waals surface area contributed by atoms with Crippen LogP contribution in [0.25, 0.3) is 10.9 Å². The number of piperazine rings is 1. The lowest BCUT2D eigenvalue weighted by atomic mass is 10.1. The van der Waals surface area contributed by atoms with Crippen LogP contribution in [0.2, 0.25) is 0 Å². The first-order valence-corrected chi connectivity index (χ1v) is 8.35.